The Morgan fingerprint density at radius 3 is 2.44 bits per heavy atom. The number of aliphatic hydroxyl groups excluding tert-OH is 1. The summed E-state index contributed by atoms with van der Waals surface area (Å²) in [5, 5.41) is 8.65. The third-order valence-electron chi connectivity index (χ3n) is 2.03. The SMILES string of the molecule is CN(C)S(=O)(=O)c1cc(F)c(Cl)c(CO)c1. The maximum absolute atomic E-state index is 13.3. The predicted molar refractivity (Wildman–Crippen MR) is 58.2 cm³/mol. The highest BCUT2D eigenvalue weighted by atomic mass is 35.5. The molecule has 1 aromatic rings. The number of benzene rings is 1. The topological polar surface area (TPSA) is 57.6 Å². The van der Waals surface area contributed by atoms with E-state index < -0.39 is 22.4 Å². The van der Waals surface area contributed by atoms with Gasteiger partial charge in [0.05, 0.1) is 16.5 Å². The van der Waals surface area contributed by atoms with Crippen molar-refractivity contribution in [1.82, 2.24) is 4.31 Å². The molecule has 0 atom stereocenters. The van der Waals surface area contributed by atoms with E-state index in [1.54, 1.807) is 0 Å². The van der Waals surface area contributed by atoms with Crippen molar-refractivity contribution in [2.45, 2.75) is 11.5 Å². The molecule has 0 aromatic heterocycles. The second-order valence-corrected chi connectivity index (χ2v) is 5.85. The molecule has 0 aliphatic carbocycles. The second kappa shape index (κ2) is 4.67. The number of sulfonamides is 1. The molecule has 0 unspecified atom stereocenters. The highest BCUT2D eigenvalue weighted by Crippen LogP contribution is 2.25. The maximum Gasteiger partial charge on any atom is 0.242 e. The number of hydrogen-bond acceptors (Lipinski definition) is 3. The van der Waals surface area contributed by atoms with Gasteiger partial charge in [0, 0.05) is 19.7 Å². The van der Waals surface area contributed by atoms with Gasteiger partial charge in [0.2, 0.25) is 10.0 Å². The fourth-order valence-electron chi connectivity index (χ4n) is 1.09. The number of nitrogens with zero attached hydrogens (tertiary/aromatic N) is 1. The third kappa shape index (κ3) is 2.35. The van der Waals surface area contributed by atoms with Crippen LogP contribution in [0.15, 0.2) is 17.0 Å². The summed E-state index contributed by atoms with van der Waals surface area (Å²) >= 11 is 5.55. The van der Waals surface area contributed by atoms with Gasteiger partial charge in [-0.2, -0.15) is 0 Å². The minimum Gasteiger partial charge on any atom is -0.392 e. The van der Waals surface area contributed by atoms with E-state index in [0.29, 0.717) is 0 Å². The molecular weight excluding hydrogens is 257 g/mol. The van der Waals surface area contributed by atoms with Crippen LogP contribution >= 0.6 is 11.6 Å². The van der Waals surface area contributed by atoms with Gasteiger partial charge in [0.15, 0.2) is 0 Å². The lowest BCUT2D eigenvalue weighted by Gasteiger charge is -2.13. The first-order valence-corrected chi connectivity index (χ1v) is 6.13. The van der Waals surface area contributed by atoms with Gasteiger partial charge < -0.3 is 5.11 Å². The summed E-state index contributed by atoms with van der Waals surface area (Å²) in [5.74, 6) is -0.867. The van der Waals surface area contributed by atoms with Gasteiger partial charge in [0.1, 0.15) is 5.82 Å². The van der Waals surface area contributed by atoms with Crippen LogP contribution < -0.4 is 0 Å². The molecule has 1 aromatic carbocycles. The van der Waals surface area contributed by atoms with Gasteiger partial charge in [-0.3, -0.25) is 0 Å². The van der Waals surface area contributed by atoms with E-state index in [9.17, 15) is 12.8 Å². The van der Waals surface area contributed by atoms with Crippen molar-refractivity contribution in [3.63, 3.8) is 0 Å². The summed E-state index contributed by atoms with van der Waals surface area (Å²) in [5.41, 5.74) is 0.0436. The van der Waals surface area contributed by atoms with Crippen molar-refractivity contribution in [2.75, 3.05) is 14.1 Å². The smallest absolute Gasteiger partial charge is 0.242 e. The van der Waals surface area contributed by atoms with E-state index in [0.717, 1.165) is 16.4 Å². The molecule has 4 nitrogen and oxygen atoms in total. The molecule has 1 N–H and O–H groups in total. The van der Waals surface area contributed by atoms with Crippen molar-refractivity contribution in [3.8, 4) is 0 Å². The molecular formula is C9H11ClFNO3S. The van der Waals surface area contributed by atoms with E-state index in [4.69, 9.17) is 16.7 Å². The molecule has 0 spiro atoms. The average Bonchev–Trinajstić information content (AvgIpc) is 2.21. The molecule has 90 valence electrons. The van der Waals surface area contributed by atoms with Crippen LogP contribution in [0.2, 0.25) is 5.02 Å². The largest absolute Gasteiger partial charge is 0.392 e. The van der Waals surface area contributed by atoms with Crippen molar-refractivity contribution >= 4 is 21.6 Å². The lowest BCUT2D eigenvalue weighted by Crippen LogP contribution is -2.22. The number of rotatable bonds is 3. The average molecular weight is 268 g/mol. The maximum atomic E-state index is 13.3. The highest BCUT2D eigenvalue weighted by Gasteiger charge is 2.20. The number of halogens is 2. The van der Waals surface area contributed by atoms with Crippen LogP contribution in [0.25, 0.3) is 0 Å². The predicted octanol–water partition coefficient (Wildman–Crippen LogP) is 1.22. The van der Waals surface area contributed by atoms with Gasteiger partial charge in [-0.05, 0) is 12.1 Å². The lowest BCUT2D eigenvalue weighted by molar-refractivity contribution is 0.281. The Morgan fingerprint density at radius 2 is 2.00 bits per heavy atom. The Kier molecular flexibility index (Phi) is 3.90. The molecule has 0 radical (unpaired) electrons. The van der Waals surface area contributed by atoms with E-state index in [2.05, 4.69) is 0 Å². The molecule has 0 saturated heterocycles. The third-order valence-corrected chi connectivity index (χ3v) is 4.24. The molecule has 16 heavy (non-hydrogen) atoms. The summed E-state index contributed by atoms with van der Waals surface area (Å²) in [6.07, 6.45) is 0. The fourth-order valence-corrected chi connectivity index (χ4v) is 2.23. The zero-order valence-corrected chi connectivity index (χ0v) is 10.3. The Morgan fingerprint density at radius 1 is 1.44 bits per heavy atom. The molecule has 0 heterocycles. The summed E-state index contributed by atoms with van der Waals surface area (Å²) < 4.78 is 37.6. The number of aliphatic hydroxyl groups is 1. The normalized spacial score (nSPS) is 12.1. The quantitative estimate of drug-likeness (QED) is 0.896. The van der Waals surface area contributed by atoms with Gasteiger partial charge in [-0.25, -0.2) is 17.1 Å². The van der Waals surface area contributed by atoms with Crippen LogP contribution in [0.4, 0.5) is 4.39 Å². The fraction of sp³-hybridized carbons (Fsp3) is 0.333. The van der Waals surface area contributed by atoms with Crippen LogP contribution in [0.3, 0.4) is 0 Å². The van der Waals surface area contributed by atoms with Crippen molar-refractivity contribution in [3.05, 3.63) is 28.5 Å². The van der Waals surface area contributed by atoms with Crippen LogP contribution in [-0.4, -0.2) is 31.9 Å². The minimum absolute atomic E-state index is 0.0436. The van der Waals surface area contributed by atoms with Crippen LogP contribution in [0.1, 0.15) is 5.56 Å². The number of hydrogen-bond donors (Lipinski definition) is 1. The molecule has 0 aliphatic heterocycles. The van der Waals surface area contributed by atoms with Crippen LogP contribution in [-0.2, 0) is 16.6 Å². The second-order valence-electron chi connectivity index (χ2n) is 3.32. The monoisotopic (exact) mass is 267 g/mol. The molecule has 0 aliphatic rings. The van der Waals surface area contributed by atoms with E-state index in [1.807, 2.05) is 0 Å². The minimum atomic E-state index is -3.73. The lowest BCUT2D eigenvalue weighted by atomic mass is 10.2. The molecule has 0 fully saturated rings. The van der Waals surface area contributed by atoms with Gasteiger partial charge in [-0.1, -0.05) is 11.6 Å². The standard InChI is InChI=1S/C9H11ClFNO3S/c1-12(2)16(14,15)7-3-6(5-13)9(10)8(11)4-7/h3-4,13H,5H2,1-2H3. The van der Waals surface area contributed by atoms with E-state index in [-0.39, 0.29) is 15.5 Å². The van der Waals surface area contributed by atoms with Crippen LogP contribution in [0.5, 0.6) is 0 Å². The zero-order chi connectivity index (χ0) is 12.5. The molecule has 1 rings (SSSR count). The summed E-state index contributed by atoms with van der Waals surface area (Å²) in [6.45, 7) is -0.521. The van der Waals surface area contributed by atoms with E-state index in [1.165, 1.54) is 14.1 Å². The first-order chi connectivity index (χ1) is 7.30. The molecule has 0 amide bonds. The Balaban J connectivity index is 3.44. The van der Waals surface area contributed by atoms with Crippen LogP contribution in [0, 0.1) is 5.82 Å². The van der Waals surface area contributed by atoms with Gasteiger partial charge in [-0.15, -0.1) is 0 Å². The summed E-state index contributed by atoms with van der Waals surface area (Å²) in [4.78, 5) is -0.233. The van der Waals surface area contributed by atoms with Crippen molar-refractivity contribution in [1.29, 1.82) is 0 Å². The van der Waals surface area contributed by atoms with Gasteiger partial charge in [0.25, 0.3) is 0 Å². The van der Waals surface area contributed by atoms with Crippen molar-refractivity contribution in [2.24, 2.45) is 0 Å². The Hall–Kier alpha value is -0.690. The first kappa shape index (κ1) is 13.4. The molecule has 0 bridgehead atoms. The van der Waals surface area contributed by atoms with Gasteiger partial charge >= 0.3 is 0 Å². The zero-order valence-electron chi connectivity index (χ0n) is 8.74. The van der Waals surface area contributed by atoms with Crippen molar-refractivity contribution < 1.29 is 17.9 Å². The summed E-state index contributed by atoms with van der Waals surface area (Å²) in [6, 6.07) is 1.98. The Bertz CT molecular complexity index is 502. The summed E-state index contributed by atoms with van der Waals surface area (Å²) in [7, 11) is -1.06. The molecule has 7 heteroatoms. The first-order valence-electron chi connectivity index (χ1n) is 4.32. The molecule has 0 saturated carbocycles. The highest BCUT2D eigenvalue weighted by molar-refractivity contribution is 7.89. The van der Waals surface area contributed by atoms with E-state index >= 15 is 0 Å². The Labute approximate surface area is 98.3 Å².